The maximum absolute atomic E-state index is 14.7. The highest BCUT2D eigenvalue weighted by atomic mass is 19.1. The average Bonchev–Trinajstić information content (AvgIpc) is 3.03. The summed E-state index contributed by atoms with van der Waals surface area (Å²) in [5.74, 6) is -0.163. The van der Waals surface area contributed by atoms with Gasteiger partial charge in [-0.05, 0) is 72.5 Å². The van der Waals surface area contributed by atoms with Gasteiger partial charge in [0.2, 0.25) is 5.91 Å². The molecule has 0 radical (unpaired) electrons. The number of carbonyl (C=O) groups excluding carboxylic acids is 3. The van der Waals surface area contributed by atoms with Crippen molar-refractivity contribution in [3.8, 4) is 17.2 Å². The highest BCUT2D eigenvalue weighted by Gasteiger charge is 2.35. The zero-order chi connectivity index (χ0) is 31.1. The summed E-state index contributed by atoms with van der Waals surface area (Å²) >= 11 is 0. The number of halogens is 1. The maximum Gasteiger partial charge on any atom is 0.258 e. The van der Waals surface area contributed by atoms with Gasteiger partial charge >= 0.3 is 0 Å². The van der Waals surface area contributed by atoms with Gasteiger partial charge in [-0.15, -0.1) is 0 Å². The topological polar surface area (TPSA) is 132 Å². The first kappa shape index (κ1) is 30.8. The predicted molar refractivity (Wildman–Crippen MR) is 161 cm³/mol. The third kappa shape index (κ3) is 7.65. The van der Waals surface area contributed by atoms with E-state index in [1.165, 1.54) is 24.1 Å². The first-order chi connectivity index (χ1) is 21.3. The van der Waals surface area contributed by atoms with Crippen LogP contribution in [0.5, 0.6) is 17.2 Å². The van der Waals surface area contributed by atoms with Crippen LogP contribution in [0.1, 0.15) is 39.9 Å². The Bertz CT molecular complexity index is 1500. The number of nitrogens with one attached hydrogen (secondary N) is 2. The molecule has 5 aliphatic heterocycles. The number of methoxy groups -OCH3 is 1. The number of hydrogen-bond donors (Lipinski definition) is 3. The molecule has 0 spiro atoms. The molecule has 3 aromatic carbocycles. The quantitative estimate of drug-likeness (QED) is 0.417. The first-order valence-electron chi connectivity index (χ1n) is 14.7. The SMILES string of the molecule is COc1cc2ccc1OCC(=O)N[C@@H]1CN(C(=O)c3cc(CCN)ccc3F)CC[C@H]1Oc1ccc(cc1)CNC(=O)CC2. The highest BCUT2D eigenvalue weighted by Crippen LogP contribution is 2.29. The van der Waals surface area contributed by atoms with Crippen molar-refractivity contribution < 1.29 is 33.0 Å². The van der Waals surface area contributed by atoms with Crippen molar-refractivity contribution in [2.45, 2.75) is 44.4 Å². The molecular formula is C33H37FN4O6. The Balaban J connectivity index is 1.38. The van der Waals surface area contributed by atoms with Gasteiger partial charge in [0.05, 0.1) is 18.7 Å². The molecule has 0 aromatic heterocycles. The summed E-state index contributed by atoms with van der Waals surface area (Å²) in [7, 11) is 1.51. The monoisotopic (exact) mass is 604 g/mol. The second kappa shape index (κ2) is 14.2. The number of rotatable bonds is 4. The van der Waals surface area contributed by atoms with Crippen LogP contribution in [0.2, 0.25) is 0 Å². The number of hydrogen-bond acceptors (Lipinski definition) is 7. The molecule has 5 heterocycles. The molecule has 10 nitrogen and oxygen atoms in total. The second-order valence-corrected chi connectivity index (χ2v) is 10.9. The lowest BCUT2D eigenvalue weighted by atomic mass is 9.99. The second-order valence-electron chi connectivity index (χ2n) is 10.9. The molecule has 3 aromatic rings. The molecule has 0 saturated carbocycles. The molecule has 3 amide bonds. The van der Waals surface area contributed by atoms with E-state index in [1.807, 2.05) is 30.3 Å². The summed E-state index contributed by atoms with van der Waals surface area (Å²) in [5, 5.41) is 5.91. The van der Waals surface area contributed by atoms with Crippen LogP contribution in [-0.4, -0.2) is 68.1 Å². The van der Waals surface area contributed by atoms with Crippen LogP contribution in [0, 0.1) is 5.82 Å². The molecular weight excluding hydrogens is 567 g/mol. The van der Waals surface area contributed by atoms with Crippen molar-refractivity contribution in [1.82, 2.24) is 15.5 Å². The van der Waals surface area contributed by atoms with Crippen LogP contribution >= 0.6 is 0 Å². The summed E-state index contributed by atoms with van der Waals surface area (Å²) in [4.78, 5) is 40.6. The van der Waals surface area contributed by atoms with E-state index in [0.717, 1.165) is 16.7 Å². The summed E-state index contributed by atoms with van der Waals surface area (Å²) in [6.07, 6.45) is 1.26. The summed E-state index contributed by atoms with van der Waals surface area (Å²) in [6, 6.07) is 16.5. The lowest BCUT2D eigenvalue weighted by Gasteiger charge is -2.39. The van der Waals surface area contributed by atoms with Gasteiger partial charge in [0.25, 0.3) is 11.8 Å². The standard InChI is InChI=1S/C33H37FN4O6/c1-42-30-17-21-5-10-29(30)43-20-32(40)37-27-19-38(33(41)25-16-22(12-14-35)4-9-26(25)34)15-13-28(27)44-24-7-2-23(3-8-24)18-36-31(39)11-6-21/h2-5,7-10,16-17,27-28H,6,11-15,18-20,35H2,1H3,(H,36,39)(H,37,40)/t27-,28-/m1/s1. The third-order valence-corrected chi connectivity index (χ3v) is 7.81. The number of amides is 3. The lowest BCUT2D eigenvalue weighted by Crippen LogP contribution is -2.58. The van der Waals surface area contributed by atoms with Gasteiger partial charge in [-0.1, -0.05) is 24.3 Å². The summed E-state index contributed by atoms with van der Waals surface area (Å²) < 4.78 is 32.3. The van der Waals surface area contributed by atoms with Crippen LogP contribution < -0.4 is 30.6 Å². The Labute approximate surface area is 255 Å². The van der Waals surface area contributed by atoms with Crippen LogP contribution in [0.25, 0.3) is 0 Å². The molecule has 8 rings (SSSR count). The number of aryl methyl sites for hydroxylation is 1. The fourth-order valence-electron chi connectivity index (χ4n) is 5.41. The number of ether oxygens (including phenoxy) is 3. The average molecular weight is 605 g/mol. The van der Waals surface area contributed by atoms with Crippen molar-refractivity contribution in [3.63, 3.8) is 0 Å². The lowest BCUT2D eigenvalue weighted by molar-refractivity contribution is -0.125. The molecule has 1 fully saturated rings. The predicted octanol–water partition coefficient (Wildman–Crippen LogP) is 2.76. The molecule has 0 aliphatic carbocycles. The molecule has 11 heteroatoms. The van der Waals surface area contributed by atoms with Crippen LogP contribution in [0.4, 0.5) is 4.39 Å². The van der Waals surface area contributed by atoms with E-state index >= 15 is 0 Å². The van der Waals surface area contributed by atoms with Gasteiger partial charge in [-0.3, -0.25) is 14.4 Å². The van der Waals surface area contributed by atoms with Crippen LogP contribution in [0.15, 0.2) is 60.7 Å². The summed E-state index contributed by atoms with van der Waals surface area (Å²) in [6.45, 7) is 0.861. The minimum absolute atomic E-state index is 0.0323. The van der Waals surface area contributed by atoms with Gasteiger partial charge in [0, 0.05) is 32.5 Å². The minimum atomic E-state index is -0.612. The minimum Gasteiger partial charge on any atom is -0.493 e. The Morgan fingerprint density at radius 2 is 1.84 bits per heavy atom. The number of benzene rings is 3. The van der Waals surface area contributed by atoms with Crippen molar-refractivity contribution in [1.29, 1.82) is 0 Å². The third-order valence-electron chi connectivity index (χ3n) is 7.81. The Morgan fingerprint density at radius 1 is 1.05 bits per heavy atom. The van der Waals surface area contributed by atoms with E-state index in [0.29, 0.717) is 62.6 Å². The van der Waals surface area contributed by atoms with Gasteiger partial charge in [-0.25, -0.2) is 4.39 Å². The zero-order valence-corrected chi connectivity index (χ0v) is 24.6. The van der Waals surface area contributed by atoms with Gasteiger partial charge in [0.1, 0.15) is 17.7 Å². The Kier molecular flexibility index (Phi) is 9.96. The van der Waals surface area contributed by atoms with E-state index in [1.54, 1.807) is 18.2 Å². The maximum atomic E-state index is 14.7. The van der Waals surface area contributed by atoms with Crippen molar-refractivity contribution in [2.75, 3.05) is 33.4 Å². The normalized spacial score (nSPS) is 19.2. The van der Waals surface area contributed by atoms with Gasteiger partial charge < -0.3 is 35.5 Å². The molecule has 0 unspecified atom stereocenters. The smallest absolute Gasteiger partial charge is 0.258 e. The van der Waals surface area contributed by atoms with E-state index in [4.69, 9.17) is 19.9 Å². The van der Waals surface area contributed by atoms with Crippen LogP contribution in [0.3, 0.4) is 0 Å². The molecule has 5 aliphatic rings. The van der Waals surface area contributed by atoms with Crippen molar-refractivity contribution in [3.05, 3.63) is 88.7 Å². The fraction of sp³-hybridized carbons (Fsp3) is 0.364. The molecule has 4 bridgehead atoms. The van der Waals surface area contributed by atoms with E-state index in [-0.39, 0.29) is 24.6 Å². The van der Waals surface area contributed by atoms with Crippen molar-refractivity contribution in [2.24, 2.45) is 5.73 Å². The Hall–Kier alpha value is -4.64. The molecule has 1 saturated heterocycles. The first-order valence-corrected chi connectivity index (χ1v) is 14.7. The Morgan fingerprint density at radius 3 is 2.61 bits per heavy atom. The zero-order valence-electron chi connectivity index (χ0n) is 24.6. The van der Waals surface area contributed by atoms with E-state index < -0.39 is 29.8 Å². The highest BCUT2D eigenvalue weighted by molar-refractivity contribution is 5.95. The van der Waals surface area contributed by atoms with Crippen molar-refractivity contribution >= 4 is 17.7 Å². The number of nitrogens with zero attached hydrogens (tertiary/aromatic N) is 1. The number of piperidine rings is 1. The van der Waals surface area contributed by atoms with Gasteiger partial charge in [-0.2, -0.15) is 0 Å². The largest absolute Gasteiger partial charge is 0.493 e. The molecule has 4 N–H and O–H groups in total. The van der Waals surface area contributed by atoms with Gasteiger partial charge in [0.15, 0.2) is 18.1 Å². The number of nitrogens with two attached hydrogens (primary N) is 1. The fourth-order valence-corrected chi connectivity index (χ4v) is 5.41. The summed E-state index contributed by atoms with van der Waals surface area (Å²) in [5.41, 5.74) is 8.20. The number of carbonyl (C=O) groups is 3. The van der Waals surface area contributed by atoms with E-state index in [2.05, 4.69) is 10.6 Å². The van der Waals surface area contributed by atoms with Crippen LogP contribution in [-0.2, 0) is 29.0 Å². The molecule has 232 valence electrons. The number of likely N-dealkylation sites (tertiary alicyclic amines) is 1. The molecule has 2 atom stereocenters. The van der Waals surface area contributed by atoms with E-state index in [9.17, 15) is 18.8 Å². The molecule has 44 heavy (non-hydrogen) atoms.